The molecular weight excluding hydrogens is 358 g/mol. The van der Waals surface area contributed by atoms with E-state index in [1.54, 1.807) is 0 Å². The maximum Gasteiger partial charge on any atom is 0.148 e. The van der Waals surface area contributed by atoms with Crippen LogP contribution in [0.2, 0.25) is 26.2 Å². The highest BCUT2D eigenvalue weighted by Gasteiger charge is 2.42. The number of benzene rings is 3. The van der Waals surface area contributed by atoms with E-state index in [0.29, 0.717) is 0 Å². The van der Waals surface area contributed by atoms with E-state index < -0.39 is 16.5 Å². The first-order valence-corrected chi connectivity index (χ1v) is 15.7. The summed E-state index contributed by atoms with van der Waals surface area (Å²) in [7, 11) is -3.66. The molecule has 3 heteroatoms. The van der Waals surface area contributed by atoms with Crippen LogP contribution in [-0.4, -0.2) is 20.7 Å². The van der Waals surface area contributed by atoms with Gasteiger partial charge in [0.25, 0.3) is 0 Å². The summed E-state index contributed by atoms with van der Waals surface area (Å²) in [5.74, 6) is 0. The molecule has 0 spiro atoms. The maximum atomic E-state index is 2.90. The van der Waals surface area contributed by atoms with Crippen molar-refractivity contribution in [1.82, 2.24) is 4.23 Å². The molecule has 0 saturated carbocycles. The fourth-order valence-corrected chi connectivity index (χ4v) is 14.3. The van der Waals surface area contributed by atoms with Crippen LogP contribution < -0.4 is 10.4 Å². The van der Waals surface area contributed by atoms with Crippen molar-refractivity contribution in [3.63, 3.8) is 0 Å². The van der Waals surface area contributed by atoms with Crippen molar-refractivity contribution in [2.45, 2.75) is 39.7 Å². The van der Waals surface area contributed by atoms with Gasteiger partial charge in [0.15, 0.2) is 0 Å². The molecule has 3 rings (SSSR count). The molecule has 0 radical (unpaired) electrons. The highest BCUT2D eigenvalue weighted by Crippen LogP contribution is 2.24. The average molecular weight is 390 g/mol. The van der Waals surface area contributed by atoms with Crippen LogP contribution in [0.25, 0.3) is 0 Å². The second-order valence-corrected chi connectivity index (χ2v) is 17.3. The van der Waals surface area contributed by atoms with E-state index in [-0.39, 0.29) is 0 Å². The van der Waals surface area contributed by atoms with Gasteiger partial charge in [-0.05, 0) is 22.9 Å². The van der Waals surface area contributed by atoms with E-state index in [0.717, 1.165) is 6.54 Å². The number of nitrogens with zero attached hydrogens (tertiary/aromatic N) is 1. The molecule has 1 nitrogen and oxygen atoms in total. The predicted molar refractivity (Wildman–Crippen MR) is 124 cm³/mol. The third-order valence-corrected chi connectivity index (χ3v) is 15.6. The summed E-state index contributed by atoms with van der Waals surface area (Å²) < 4.78 is 2.90. The first kappa shape index (κ1) is 19.8. The fraction of sp³-hybridized carbons (Fsp3) is 0.250. The Morgan fingerprint density at radius 1 is 0.630 bits per heavy atom. The van der Waals surface area contributed by atoms with Gasteiger partial charge < -0.3 is 4.23 Å². The van der Waals surface area contributed by atoms with Gasteiger partial charge in [0.2, 0.25) is 0 Å². The first-order chi connectivity index (χ1) is 12.8. The second kappa shape index (κ2) is 7.97. The summed E-state index contributed by atoms with van der Waals surface area (Å²) in [4.78, 5) is 0. The minimum Gasteiger partial charge on any atom is -0.335 e. The number of aryl methyl sites for hydroxylation is 1. The van der Waals surface area contributed by atoms with E-state index in [1.165, 1.54) is 21.5 Å². The van der Waals surface area contributed by atoms with Crippen LogP contribution in [0, 0.1) is 6.92 Å². The van der Waals surface area contributed by atoms with Gasteiger partial charge in [0.05, 0.1) is 0 Å². The molecular formula is C24H31NSi2. The van der Waals surface area contributed by atoms with Crippen molar-refractivity contribution >= 4 is 26.8 Å². The van der Waals surface area contributed by atoms with Gasteiger partial charge in [-0.3, -0.25) is 0 Å². The summed E-state index contributed by atoms with van der Waals surface area (Å²) in [6.07, 6.45) is 0. The summed E-state index contributed by atoms with van der Waals surface area (Å²) >= 11 is 0. The number of hydrogen-bond acceptors (Lipinski definition) is 1. The molecule has 0 amide bonds. The van der Waals surface area contributed by atoms with E-state index in [4.69, 9.17) is 0 Å². The van der Waals surface area contributed by atoms with Crippen LogP contribution in [-0.2, 0) is 6.54 Å². The molecule has 0 N–H and O–H groups in total. The lowest BCUT2D eigenvalue weighted by Crippen LogP contribution is -2.70. The van der Waals surface area contributed by atoms with Crippen LogP contribution >= 0.6 is 0 Å². The molecule has 0 unspecified atom stereocenters. The molecule has 3 aromatic carbocycles. The third kappa shape index (κ3) is 4.32. The van der Waals surface area contributed by atoms with Crippen molar-refractivity contribution in [1.29, 1.82) is 0 Å². The molecule has 140 valence electrons. The van der Waals surface area contributed by atoms with Gasteiger partial charge in [0.1, 0.15) is 16.5 Å². The third-order valence-electron chi connectivity index (χ3n) is 5.73. The Kier molecular flexibility index (Phi) is 5.85. The van der Waals surface area contributed by atoms with Gasteiger partial charge >= 0.3 is 0 Å². The lowest BCUT2D eigenvalue weighted by atomic mass is 10.1. The topological polar surface area (TPSA) is 3.24 Å². The van der Waals surface area contributed by atoms with Crippen molar-refractivity contribution in [2.24, 2.45) is 0 Å². The van der Waals surface area contributed by atoms with Crippen molar-refractivity contribution in [2.75, 3.05) is 0 Å². The normalized spacial score (nSPS) is 12.4. The zero-order valence-electron chi connectivity index (χ0n) is 17.2. The van der Waals surface area contributed by atoms with Gasteiger partial charge in [-0.2, -0.15) is 0 Å². The van der Waals surface area contributed by atoms with Gasteiger partial charge in [-0.15, -0.1) is 0 Å². The van der Waals surface area contributed by atoms with E-state index >= 15 is 0 Å². The quantitative estimate of drug-likeness (QED) is 0.535. The molecule has 27 heavy (non-hydrogen) atoms. The lowest BCUT2D eigenvalue weighted by Gasteiger charge is -2.47. The van der Waals surface area contributed by atoms with E-state index in [9.17, 15) is 0 Å². The summed E-state index contributed by atoms with van der Waals surface area (Å²) in [5.41, 5.74) is 2.76. The Balaban J connectivity index is 2.08. The zero-order valence-corrected chi connectivity index (χ0v) is 19.2. The van der Waals surface area contributed by atoms with Crippen LogP contribution in [0.1, 0.15) is 11.1 Å². The second-order valence-electron chi connectivity index (χ2n) is 8.43. The van der Waals surface area contributed by atoms with Gasteiger partial charge in [-0.1, -0.05) is 117 Å². The van der Waals surface area contributed by atoms with Crippen molar-refractivity contribution < 1.29 is 0 Å². The Labute approximate surface area is 166 Å². The summed E-state index contributed by atoms with van der Waals surface area (Å²) in [5, 5.41) is 3.02. The Bertz CT molecular complexity index is 822. The van der Waals surface area contributed by atoms with Crippen LogP contribution in [0.4, 0.5) is 0 Å². The number of hydrogen-bond donors (Lipinski definition) is 0. The molecule has 0 bridgehead atoms. The molecule has 0 aromatic heterocycles. The van der Waals surface area contributed by atoms with Crippen LogP contribution in [0.3, 0.4) is 0 Å². The fourth-order valence-electron chi connectivity index (χ4n) is 4.09. The molecule has 0 aliphatic carbocycles. The standard InChI is InChI=1S/C24H31NSi2/c1-21-13-12-14-22(19-21)20-25(26(2,3)23-15-8-6-9-16-23)27(4,5)24-17-10-7-11-18-24/h6-19H,20H2,1-5H3. The molecule has 0 aliphatic rings. The average Bonchev–Trinajstić information content (AvgIpc) is 2.67. The highest BCUT2D eigenvalue weighted by atomic mass is 28.4. The van der Waals surface area contributed by atoms with Gasteiger partial charge in [-0.25, -0.2) is 0 Å². The van der Waals surface area contributed by atoms with Crippen LogP contribution in [0.15, 0.2) is 84.9 Å². The van der Waals surface area contributed by atoms with Crippen molar-refractivity contribution in [3.05, 3.63) is 96.1 Å². The van der Waals surface area contributed by atoms with Gasteiger partial charge in [0, 0.05) is 6.54 Å². The predicted octanol–water partition coefficient (Wildman–Crippen LogP) is 5.02. The number of rotatable bonds is 6. The van der Waals surface area contributed by atoms with E-state index in [2.05, 4.69) is 122 Å². The minimum absolute atomic E-state index is 1.02. The molecule has 0 saturated heterocycles. The zero-order chi connectivity index (χ0) is 19.5. The highest BCUT2D eigenvalue weighted by molar-refractivity contribution is 7.02. The molecule has 0 aliphatic heterocycles. The maximum absolute atomic E-state index is 2.90. The minimum atomic E-state index is -1.83. The smallest absolute Gasteiger partial charge is 0.148 e. The van der Waals surface area contributed by atoms with Crippen molar-refractivity contribution in [3.8, 4) is 0 Å². The first-order valence-electron chi connectivity index (χ1n) is 9.76. The largest absolute Gasteiger partial charge is 0.335 e. The Hall–Kier alpha value is -1.95. The van der Waals surface area contributed by atoms with E-state index in [1.807, 2.05) is 0 Å². The monoisotopic (exact) mass is 389 g/mol. The summed E-state index contributed by atoms with van der Waals surface area (Å²) in [6.45, 7) is 13.2. The Morgan fingerprint density at radius 2 is 1.11 bits per heavy atom. The molecule has 0 heterocycles. The SMILES string of the molecule is Cc1cccc(CN([Si](C)(C)c2ccccc2)[Si](C)(C)c2ccccc2)c1. The Morgan fingerprint density at radius 3 is 1.56 bits per heavy atom. The molecule has 0 atom stereocenters. The molecule has 3 aromatic rings. The lowest BCUT2D eigenvalue weighted by molar-refractivity contribution is 0.622. The summed E-state index contributed by atoms with van der Waals surface area (Å²) in [6, 6.07) is 31.3. The van der Waals surface area contributed by atoms with Crippen LogP contribution in [0.5, 0.6) is 0 Å². The molecule has 0 fully saturated rings.